The number of anilines is 1. The molecule has 0 bridgehead atoms. The molecule has 3 nitrogen and oxygen atoms in total. The number of aryl methyl sites for hydroxylation is 1. The van der Waals surface area contributed by atoms with Crippen LogP contribution in [0, 0.1) is 6.92 Å². The van der Waals surface area contributed by atoms with E-state index in [9.17, 15) is 4.79 Å². The molecule has 0 aliphatic heterocycles. The van der Waals surface area contributed by atoms with Crippen molar-refractivity contribution < 1.29 is 4.79 Å². The van der Waals surface area contributed by atoms with E-state index in [0.717, 1.165) is 35.5 Å². The molecular formula is C12H20N2OS. The number of nitrogens with one attached hydrogen (secondary N) is 1. The monoisotopic (exact) mass is 240 g/mol. The van der Waals surface area contributed by atoms with E-state index >= 15 is 0 Å². The van der Waals surface area contributed by atoms with E-state index in [1.807, 2.05) is 6.92 Å². The summed E-state index contributed by atoms with van der Waals surface area (Å²) in [6.07, 6.45) is 3.35. The van der Waals surface area contributed by atoms with Crippen molar-refractivity contribution in [3.05, 3.63) is 11.3 Å². The Labute approximate surface area is 101 Å². The zero-order chi connectivity index (χ0) is 12.1. The van der Waals surface area contributed by atoms with Crippen molar-refractivity contribution in [1.82, 2.24) is 4.37 Å². The van der Waals surface area contributed by atoms with E-state index in [1.165, 1.54) is 11.5 Å². The number of ketones is 1. The van der Waals surface area contributed by atoms with Crippen LogP contribution in [0.3, 0.4) is 0 Å². The number of nitrogens with zero attached hydrogens (tertiary/aromatic N) is 1. The summed E-state index contributed by atoms with van der Waals surface area (Å²) in [6, 6.07) is 0.447. The van der Waals surface area contributed by atoms with Gasteiger partial charge in [0.2, 0.25) is 0 Å². The largest absolute Gasteiger partial charge is 0.372 e. The van der Waals surface area contributed by atoms with Gasteiger partial charge in [0.1, 0.15) is 5.00 Å². The van der Waals surface area contributed by atoms with Gasteiger partial charge in [0.25, 0.3) is 0 Å². The van der Waals surface area contributed by atoms with Crippen molar-refractivity contribution in [3.63, 3.8) is 0 Å². The highest BCUT2D eigenvalue weighted by Gasteiger charge is 2.16. The lowest BCUT2D eigenvalue weighted by Crippen LogP contribution is -2.18. The Bertz CT molecular complexity index is 360. The maximum Gasteiger partial charge on any atom is 0.164 e. The van der Waals surface area contributed by atoms with Crippen molar-refractivity contribution in [2.24, 2.45) is 0 Å². The Morgan fingerprint density at radius 2 is 2.19 bits per heavy atom. The average molecular weight is 240 g/mol. The molecule has 0 aromatic carbocycles. The summed E-state index contributed by atoms with van der Waals surface area (Å²) >= 11 is 1.39. The van der Waals surface area contributed by atoms with Crippen molar-refractivity contribution in [1.29, 1.82) is 0 Å². The third kappa shape index (κ3) is 3.04. The molecule has 1 rings (SSSR count). The van der Waals surface area contributed by atoms with E-state index in [1.54, 1.807) is 6.92 Å². The lowest BCUT2D eigenvalue weighted by atomic mass is 10.1. The first-order valence-corrected chi connectivity index (χ1v) is 6.61. The van der Waals surface area contributed by atoms with Crippen LogP contribution in [0.1, 0.15) is 56.1 Å². The molecule has 0 saturated carbocycles. The van der Waals surface area contributed by atoms with Crippen LogP contribution in [0.4, 0.5) is 5.00 Å². The maximum atomic E-state index is 11.5. The Hall–Kier alpha value is -0.900. The minimum Gasteiger partial charge on any atom is -0.372 e. The number of carbonyl (C=O) groups excluding carboxylic acids is 1. The van der Waals surface area contributed by atoms with Crippen LogP contribution in [0.2, 0.25) is 0 Å². The van der Waals surface area contributed by atoms with Crippen LogP contribution in [0.25, 0.3) is 0 Å². The lowest BCUT2D eigenvalue weighted by Gasteiger charge is -2.16. The van der Waals surface area contributed by atoms with Crippen LogP contribution in [-0.2, 0) is 0 Å². The fourth-order valence-electron chi connectivity index (χ4n) is 1.80. The van der Waals surface area contributed by atoms with Crippen molar-refractivity contribution in [3.8, 4) is 0 Å². The number of hydrogen-bond donors (Lipinski definition) is 1. The molecule has 4 heteroatoms. The number of aromatic nitrogens is 1. The van der Waals surface area contributed by atoms with Crippen LogP contribution in [0.15, 0.2) is 0 Å². The van der Waals surface area contributed by atoms with Gasteiger partial charge in [-0.3, -0.25) is 4.79 Å². The third-order valence-electron chi connectivity index (χ3n) is 2.68. The molecular weight excluding hydrogens is 220 g/mol. The summed E-state index contributed by atoms with van der Waals surface area (Å²) in [6.45, 7) is 7.82. The molecule has 1 aromatic rings. The van der Waals surface area contributed by atoms with E-state index in [0.29, 0.717) is 6.04 Å². The normalized spacial score (nSPS) is 12.5. The van der Waals surface area contributed by atoms with E-state index in [-0.39, 0.29) is 5.78 Å². The summed E-state index contributed by atoms with van der Waals surface area (Å²) in [5.41, 5.74) is 1.60. The molecule has 0 fully saturated rings. The average Bonchev–Trinajstić information content (AvgIpc) is 2.59. The molecule has 0 radical (unpaired) electrons. The molecule has 0 amide bonds. The predicted octanol–water partition coefficient (Wildman–Crippen LogP) is 3.64. The Morgan fingerprint density at radius 1 is 1.50 bits per heavy atom. The van der Waals surface area contributed by atoms with E-state index < -0.39 is 0 Å². The fraction of sp³-hybridized carbons (Fsp3) is 0.667. The first-order valence-electron chi connectivity index (χ1n) is 5.83. The van der Waals surface area contributed by atoms with E-state index in [4.69, 9.17) is 0 Å². The molecule has 1 unspecified atom stereocenters. The third-order valence-corrected chi connectivity index (χ3v) is 3.55. The van der Waals surface area contributed by atoms with Gasteiger partial charge in [0.05, 0.1) is 11.3 Å². The Balaban J connectivity index is 2.83. The highest BCUT2D eigenvalue weighted by Crippen LogP contribution is 2.26. The number of Topliss-reactive ketones (excluding diaryl/α,β-unsaturated/α-hetero) is 1. The number of carbonyl (C=O) groups is 1. The molecule has 16 heavy (non-hydrogen) atoms. The summed E-state index contributed by atoms with van der Waals surface area (Å²) in [4.78, 5) is 11.5. The van der Waals surface area contributed by atoms with E-state index in [2.05, 4.69) is 23.5 Å². The second kappa shape index (κ2) is 5.99. The fourth-order valence-corrected chi connectivity index (χ4v) is 2.72. The number of hydrogen-bond acceptors (Lipinski definition) is 4. The molecule has 1 aromatic heterocycles. The van der Waals surface area contributed by atoms with Gasteiger partial charge in [-0.2, -0.15) is 4.37 Å². The molecule has 1 atom stereocenters. The highest BCUT2D eigenvalue weighted by molar-refractivity contribution is 7.10. The second-order valence-electron chi connectivity index (χ2n) is 4.07. The van der Waals surface area contributed by atoms with Crippen molar-refractivity contribution >= 4 is 22.3 Å². The van der Waals surface area contributed by atoms with Gasteiger partial charge in [-0.05, 0) is 38.2 Å². The summed E-state index contributed by atoms with van der Waals surface area (Å²) in [5.74, 6) is 0.0973. The maximum absolute atomic E-state index is 11.5. The summed E-state index contributed by atoms with van der Waals surface area (Å²) in [5, 5.41) is 4.37. The van der Waals surface area contributed by atoms with Gasteiger partial charge in [0, 0.05) is 6.04 Å². The first kappa shape index (κ1) is 13.2. The van der Waals surface area contributed by atoms with Gasteiger partial charge in [-0.1, -0.05) is 20.3 Å². The quantitative estimate of drug-likeness (QED) is 0.772. The molecule has 90 valence electrons. The highest BCUT2D eigenvalue weighted by atomic mass is 32.1. The Kier molecular flexibility index (Phi) is 4.93. The SMILES string of the molecule is CCCC(CC)Nc1snc(C)c1C(C)=O. The zero-order valence-corrected chi connectivity index (χ0v) is 11.3. The van der Waals surface area contributed by atoms with Crippen molar-refractivity contribution in [2.45, 2.75) is 53.0 Å². The molecule has 0 aliphatic carbocycles. The predicted molar refractivity (Wildman–Crippen MR) is 69.5 cm³/mol. The molecule has 0 saturated heterocycles. The van der Waals surface area contributed by atoms with Crippen molar-refractivity contribution in [2.75, 3.05) is 5.32 Å². The van der Waals surface area contributed by atoms with Crippen LogP contribution in [0.5, 0.6) is 0 Å². The smallest absolute Gasteiger partial charge is 0.164 e. The van der Waals surface area contributed by atoms with Crippen LogP contribution < -0.4 is 5.32 Å². The topological polar surface area (TPSA) is 42.0 Å². The van der Waals surface area contributed by atoms with Gasteiger partial charge in [-0.15, -0.1) is 0 Å². The van der Waals surface area contributed by atoms with Gasteiger partial charge in [-0.25, -0.2) is 0 Å². The zero-order valence-electron chi connectivity index (χ0n) is 10.5. The summed E-state index contributed by atoms with van der Waals surface area (Å²) in [7, 11) is 0. The summed E-state index contributed by atoms with van der Waals surface area (Å²) < 4.78 is 4.24. The van der Waals surface area contributed by atoms with Gasteiger partial charge >= 0.3 is 0 Å². The lowest BCUT2D eigenvalue weighted by molar-refractivity contribution is 0.101. The second-order valence-corrected chi connectivity index (χ2v) is 4.84. The van der Waals surface area contributed by atoms with Crippen LogP contribution >= 0.6 is 11.5 Å². The van der Waals surface area contributed by atoms with Crippen LogP contribution in [-0.4, -0.2) is 16.2 Å². The minimum absolute atomic E-state index is 0.0973. The standard InChI is InChI=1S/C12H20N2OS/c1-5-7-10(6-2)13-12-11(9(4)15)8(3)14-16-12/h10,13H,5-7H2,1-4H3. The molecule has 0 spiro atoms. The minimum atomic E-state index is 0.0973. The molecule has 1 heterocycles. The Morgan fingerprint density at radius 3 is 2.69 bits per heavy atom. The first-order chi connectivity index (χ1) is 7.60. The van der Waals surface area contributed by atoms with Gasteiger partial charge in [0.15, 0.2) is 5.78 Å². The number of rotatable bonds is 6. The molecule has 1 N–H and O–H groups in total. The van der Waals surface area contributed by atoms with Gasteiger partial charge < -0.3 is 5.32 Å². The molecule has 0 aliphatic rings.